The third-order valence-corrected chi connectivity index (χ3v) is 2.92. The van der Waals surface area contributed by atoms with Crippen LogP contribution in [0.2, 0.25) is 0 Å². The fourth-order valence-corrected chi connectivity index (χ4v) is 1.82. The Kier molecular flexibility index (Phi) is 2.34. The van der Waals surface area contributed by atoms with Crippen molar-refractivity contribution in [3.8, 4) is 11.3 Å². The summed E-state index contributed by atoms with van der Waals surface area (Å²) in [5.41, 5.74) is 3.39. The van der Waals surface area contributed by atoms with E-state index in [-0.39, 0.29) is 18.1 Å². The average Bonchev–Trinajstić information content (AvgIpc) is 2.38. The molecule has 0 bridgehead atoms. The maximum Gasteiger partial charge on any atom is 0.212 e. The molecule has 0 saturated carbocycles. The third kappa shape index (κ3) is 2.38. The van der Waals surface area contributed by atoms with Crippen molar-refractivity contribution >= 4 is 0 Å². The van der Waals surface area contributed by atoms with Gasteiger partial charge >= 0.3 is 0 Å². The minimum Gasteiger partial charge on any atom is -0.201 e. The summed E-state index contributed by atoms with van der Waals surface area (Å²) in [6, 6.07) is 8.39. The molecular weight excluding hydrogens is 206 g/mol. The average molecular weight is 229 g/mol. The number of aryl methyl sites for hydroxylation is 1. The van der Waals surface area contributed by atoms with Crippen molar-refractivity contribution < 1.29 is 8.68 Å². The second kappa shape index (κ2) is 4.70. The predicted molar refractivity (Wildman–Crippen MR) is 71.9 cm³/mol. The van der Waals surface area contributed by atoms with Crippen LogP contribution < -0.4 is 4.57 Å². The Labute approximate surface area is 108 Å². The van der Waals surface area contributed by atoms with Crippen LogP contribution in [0.5, 0.6) is 0 Å². The zero-order valence-corrected chi connectivity index (χ0v) is 10.8. The zero-order chi connectivity index (χ0) is 15.0. The van der Waals surface area contributed by atoms with E-state index in [9.17, 15) is 0 Å². The van der Waals surface area contributed by atoms with Crippen LogP contribution in [0.3, 0.4) is 0 Å². The first-order chi connectivity index (χ1) is 9.36. The molecule has 0 aliphatic heterocycles. The lowest BCUT2D eigenvalue weighted by Crippen LogP contribution is -2.30. The van der Waals surface area contributed by atoms with Crippen molar-refractivity contribution in [3.63, 3.8) is 0 Å². The van der Waals surface area contributed by atoms with Crippen LogP contribution in [0.15, 0.2) is 42.5 Å². The summed E-state index contributed by atoms with van der Waals surface area (Å²) < 4.78 is 26.3. The highest BCUT2D eigenvalue weighted by Crippen LogP contribution is 2.23. The van der Waals surface area contributed by atoms with Crippen molar-refractivity contribution in [3.05, 3.63) is 53.7 Å². The van der Waals surface area contributed by atoms with Crippen molar-refractivity contribution in [2.75, 3.05) is 0 Å². The van der Waals surface area contributed by atoms with Crippen LogP contribution in [0.4, 0.5) is 0 Å². The van der Waals surface area contributed by atoms with Crippen molar-refractivity contribution in [1.29, 1.82) is 0 Å². The van der Waals surface area contributed by atoms with Gasteiger partial charge in [-0.2, -0.15) is 0 Å². The van der Waals surface area contributed by atoms with Gasteiger partial charge in [0, 0.05) is 17.6 Å². The van der Waals surface area contributed by atoms with E-state index in [0.29, 0.717) is 17.3 Å². The molecule has 0 saturated heterocycles. The molecule has 0 aliphatic carbocycles. The molecule has 1 aromatic carbocycles. The standard InChI is InChI=1S/C16H20N/c1-12(2)14-9-10-17(4)16(11-14)15-8-6-5-7-13(15)3/h5-12H,1-4H3/q+1/i9D,10D,11D. The van der Waals surface area contributed by atoms with E-state index >= 15 is 0 Å². The molecule has 1 heterocycles. The van der Waals surface area contributed by atoms with Crippen LogP contribution in [0, 0.1) is 6.92 Å². The number of hydrogen-bond acceptors (Lipinski definition) is 0. The Balaban J connectivity index is 2.87. The maximum atomic E-state index is 8.47. The minimum atomic E-state index is 0.0584. The van der Waals surface area contributed by atoms with Crippen molar-refractivity contribution in [2.24, 2.45) is 7.05 Å². The summed E-state index contributed by atoms with van der Waals surface area (Å²) in [5.74, 6) is 0.0584. The molecule has 0 aliphatic rings. The molecule has 0 amide bonds. The van der Waals surface area contributed by atoms with Gasteiger partial charge in [0.15, 0.2) is 6.17 Å². The summed E-state index contributed by atoms with van der Waals surface area (Å²) in [5, 5.41) is 0. The van der Waals surface area contributed by atoms with Gasteiger partial charge in [-0.25, -0.2) is 4.57 Å². The van der Waals surface area contributed by atoms with E-state index in [1.54, 1.807) is 11.6 Å². The van der Waals surface area contributed by atoms with Gasteiger partial charge in [-0.3, -0.25) is 0 Å². The van der Waals surface area contributed by atoms with Gasteiger partial charge in [0.1, 0.15) is 8.42 Å². The van der Waals surface area contributed by atoms with E-state index in [1.807, 2.05) is 45.0 Å². The molecule has 2 rings (SSSR count). The van der Waals surface area contributed by atoms with Gasteiger partial charge < -0.3 is 0 Å². The SMILES string of the molecule is [2H]c1c(C(C)C)c([2H])c(-c2ccccc2C)[n+](C)c1[2H]. The molecule has 1 heteroatoms. The Morgan fingerprint density at radius 3 is 2.59 bits per heavy atom. The first-order valence-corrected chi connectivity index (χ1v) is 5.92. The van der Waals surface area contributed by atoms with Crippen LogP contribution >= 0.6 is 0 Å². The van der Waals surface area contributed by atoms with E-state index in [1.165, 1.54) is 0 Å². The number of benzene rings is 1. The number of hydrogen-bond donors (Lipinski definition) is 0. The summed E-state index contributed by atoms with van der Waals surface area (Å²) >= 11 is 0. The molecule has 17 heavy (non-hydrogen) atoms. The van der Waals surface area contributed by atoms with Crippen molar-refractivity contribution in [2.45, 2.75) is 26.7 Å². The lowest BCUT2D eigenvalue weighted by atomic mass is 9.99. The largest absolute Gasteiger partial charge is 0.212 e. The second-order valence-corrected chi connectivity index (χ2v) is 4.65. The maximum absolute atomic E-state index is 8.47. The first kappa shape index (κ1) is 8.46. The van der Waals surface area contributed by atoms with Crippen LogP contribution in [0.1, 0.15) is 35.0 Å². The third-order valence-electron chi connectivity index (χ3n) is 2.92. The summed E-state index contributed by atoms with van der Waals surface area (Å²) in [4.78, 5) is 0. The lowest BCUT2D eigenvalue weighted by Gasteiger charge is -2.08. The number of aromatic nitrogens is 1. The van der Waals surface area contributed by atoms with Gasteiger partial charge in [-0.1, -0.05) is 32.0 Å². The van der Waals surface area contributed by atoms with Gasteiger partial charge in [0.2, 0.25) is 5.69 Å². The molecule has 0 unspecified atom stereocenters. The monoisotopic (exact) mass is 229 g/mol. The molecule has 0 radical (unpaired) electrons. The van der Waals surface area contributed by atoms with Gasteiger partial charge in [-0.15, -0.1) is 0 Å². The summed E-state index contributed by atoms with van der Waals surface area (Å²) in [6.07, 6.45) is 0.156. The van der Waals surface area contributed by atoms with Crippen LogP contribution in [0.25, 0.3) is 11.3 Å². The highest BCUT2D eigenvalue weighted by atomic mass is 14.9. The molecule has 1 aromatic heterocycles. The molecule has 0 atom stereocenters. The Hall–Kier alpha value is -1.63. The van der Waals surface area contributed by atoms with Crippen molar-refractivity contribution in [1.82, 2.24) is 0 Å². The molecule has 0 N–H and O–H groups in total. The Morgan fingerprint density at radius 1 is 1.24 bits per heavy atom. The molecule has 0 spiro atoms. The fourth-order valence-electron chi connectivity index (χ4n) is 1.82. The molecular formula is C16H20N+. The van der Waals surface area contributed by atoms with E-state index in [0.717, 1.165) is 11.1 Å². The summed E-state index contributed by atoms with van der Waals surface area (Å²) in [6.45, 7) is 5.93. The molecule has 88 valence electrons. The predicted octanol–water partition coefficient (Wildman–Crippen LogP) is 3.61. The Morgan fingerprint density at radius 2 is 1.94 bits per heavy atom. The van der Waals surface area contributed by atoms with E-state index in [2.05, 4.69) is 0 Å². The topological polar surface area (TPSA) is 3.88 Å². The number of nitrogens with zero attached hydrogens (tertiary/aromatic N) is 1. The lowest BCUT2D eigenvalue weighted by molar-refractivity contribution is -0.660. The highest BCUT2D eigenvalue weighted by Gasteiger charge is 2.13. The second-order valence-electron chi connectivity index (χ2n) is 4.65. The Bertz CT molecular complexity index is 663. The first-order valence-electron chi connectivity index (χ1n) is 7.42. The minimum absolute atomic E-state index is 0.0584. The number of rotatable bonds is 2. The zero-order valence-electron chi connectivity index (χ0n) is 13.8. The van der Waals surface area contributed by atoms with E-state index in [4.69, 9.17) is 4.11 Å². The van der Waals surface area contributed by atoms with Crippen LogP contribution in [-0.2, 0) is 7.05 Å². The molecule has 1 nitrogen and oxygen atoms in total. The van der Waals surface area contributed by atoms with Gasteiger partial charge in [-0.05, 0) is 30.0 Å². The van der Waals surface area contributed by atoms with Gasteiger partial charge in [0.25, 0.3) is 0 Å². The van der Waals surface area contributed by atoms with Crippen LogP contribution in [-0.4, -0.2) is 0 Å². The highest BCUT2D eigenvalue weighted by molar-refractivity contribution is 5.61. The number of pyridine rings is 1. The van der Waals surface area contributed by atoms with Gasteiger partial charge in [0.05, 0.1) is 2.74 Å². The molecule has 0 fully saturated rings. The summed E-state index contributed by atoms with van der Waals surface area (Å²) in [7, 11) is 1.75. The normalized spacial score (nSPS) is 13.4. The fraction of sp³-hybridized carbons (Fsp3) is 0.312. The smallest absolute Gasteiger partial charge is 0.201 e. The quantitative estimate of drug-likeness (QED) is 0.693. The molecule has 2 aromatic rings. The van der Waals surface area contributed by atoms with E-state index < -0.39 is 0 Å².